The second-order valence-corrected chi connectivity index (χ2v) is 6.13. The summed E-state index contributed by atoms with van der Waals surface area (Å²) in [4.78, 5) is 14.3. The first-order valence-corrected chi connectivity index (χ1v) is 8.19. The van der Waals surface area contributed by atoms with E-state index in [2.05, 4.69) is 22.3 Å². The molecule has 0 unspecified atom stereocenters. The van der Waals surface area contributed by atoms with E-state index in [1.54, 1.807) is 0 Å². The van der Waals surface area contributed by atoms with Crippen LogP contribution in [0.5, 0.6) is 0 Å². The van der Waals surface area contributed by atoms with E-state index in [1.807, 2.05) is 12.1 Å². The van der Waals surface area contributed by atoms with Gasteiger partial charge in [-0.05, 0) is 36.6 Å². The number of halogens is 3. The first-order valence-electron chi connectivity index (χ1n) is 7.82. The van der Waals surface area contributed by atoms with Crippen LogP contribution in [0.25, 0.3) is 0 Å². The first kappa shape index (κ1) is 16.7. The van der Waals surface area contributed by atoms with Crippen LogP contribution in [-0.2, 0) is 6.42 Å². The highest BCUT2D eigenvalue weighted by Gasteiger charge is 2.18. The minimum Gasteiger partial charge on any atom is -0.371 e. The zero-order valence-corrected chi connectivity index (χ0v) is 13.7. The smallest absolute Gasteiger partial charge is 0.252 e. The topological polar surface area (TPSA) is 32.3 Å². The highest BCUT2D eigenvalue weighted by atomic mass is 35.5. The van der Waals surface area contributed by atoms with E-state index in [4.69, 9.17) is 11.6 Å². The molecule has 1 N–H and O–H groups in total. The molecule has 1 aliphatic heterocycles. The molecule has 0 saturated carbocycles. The van der Waals surface area contributed by atoms with Gasteiger partial charge in [-0.15, -0.1) is 0 Å². The number of rotatable bonds is 5. The summed E-state index contributed by atoms with van der Waals surface area (Å²) in [6.07, 6.45) is 1.79. The molecule has 1 aliphatic rings. The largest absolute Gasteiger partial charge is 0.371 e. The molecular weight excluding hydrogens is 334 g/mol. The summed E-state index contributed by atoms with van der Waals surface area (Å²) >= 11 is 5.79. The third-order valence-corrected chi connectivity index (χ3v) is 4.44. The molecule has 0 bridgehead atoms. The lowest BCUT2D eigenvalue weighted by Crippen LogP contribution is -2.29. The molecule has 1 amide bonds. The van der Waals surface area contributed by atoms with Gasteiger partial charge in [0.2, 0.25) is 0 Å². The van der Waals surface area contributed by atoms with Crippen molar-refractivity contribution in [2.24, 2.45) is 0 Å². The number of carbonyl (C=O) groups excluding carboxylic acids is 1. The summed E-state index contributed by atoms with van der Waals surface area (Å²) in [7, 11) is 0. The number of anilines is 1. The van der Waals surface area contributed by atoms with Crippen LogP contribution in [-0.4, -0.2) is 25.5 Å². The quantitative estimate of drug-likeness (QED) is 0.657. The Kier molecular flexibility index (Phi) is 5.00. The molecule has 0 saturated heterocycles. The number of benzene rings is 2. The number of hydrogen-bond acceptors (Lipinski definition) is 2. The highest BCUT2D eigenvalue weighted by molar-refractivity contribution is 6.33. The standard InChI is InChI=1S/C18H17ClF2N2O/c19-14-11-16(21)15(20)10-13(14)18(24)22-7-3-8-23-9-6-12-4-1-2-5-17(12)23/h1-2,4-5,10-11H,3,6-9H2,(H,22,24). The Balaban J connectivity index is 1.51. The molecule has 24 heavy (non-hydrogen) atoms. The summed E-state index contributed by atoms with van der Waals surface area (Å²) in [5, 5.41) is 2.60. The summed E-state index contributed by atoms with van der Waals surface area (Å²) in [6.45, 7) is 2.23. The summed E-state index contributed by atoms with van der Waals surface area (Å²) in [5.41, 5.74) is 2.53. The van der Waals surface area contributed by atoms with Gasteiger partial charge in [0, 0.05) is 25.3 Å². The Morgan fingerprint density at radius 1 is 1.21 bits per heavy atom. The van der Waals surface area contributed by atoms with E-state index in [0.717, 1.165) is 38.1 Å². The van der Waals surface area contributed by atoms with Crippen molar-refractivity contribution in [1.29, 1.82) is 0 Å². The molecule has 126 valence electrons. The average Bonchev–Trinajstić information content (AvgIpc) is 2.98. The number of nitrogens with one attached hydrogen (secondary N) is 1. The highest BCUT2D eigenvalue weighted by Crippen LogP contribution is 2.27. The van der Waals surface area contributed by atoms with Gasteiger partial charge in [-0.3, -0.25) is 4.79 Å². The first-order chi connectivity index (χ1) is 11.6. The number of fused-ring (bicyclic) bond motifs is 1. The van der Waals surface area contributed by atoms with Crippen LogP contribution in [0.1, 0.15) is 22.3 Å². The van der Waals surface area contributed by atoms with E-state index in [1.165, 1.54) is 11.3 Å². The Morgan fingerprint density at radius 2 is 1.96 bits per heavy atom. The van der Waals surface area contributed by atoms with Crippen LogP contribution in [0.15, 0.2) is 36.4 Å². The normalized spacial score (nSPS) is 13.0. The Labute approximate surface area is 144 Å². The minimum absolute atomic E-state index is 0.0536. The predicted octanol–water partition coefficient (Wildman–Crippen LogP) is 3.80. The van der Waals surface area contributed by atoms with Crippen LogP contribution in [0.4, 0.5) is 14.5 Å². The van der Waals surface area contributed by atoms with Crippen molar-refractivity contribution in [2.75, 3.05) is 24.5 Å². The van der Waals surface area contributed by atoms with Gasteiger partial charge < -0.3 is 10.2 Å². The van der Waals surface area contributed by atoms with Gasteiger partial charge in [0.15, 0.2) is 11.6 Å². The molecule has 2 aromatic carbocycles. The lowest BCUT2D eigenvalue weighted by molar-refractivity contribution is 0.0953. The van der Waals surface area contributed by atoms with Crippen LogP contribution in [0.2, 0.25) is 5.02 Å². The Morgan fingerprint density at radius 3 is 2.79 bits per heavy atom. The molecule has 0 aliphatic carbocycles. The van der Waals surface area contributed by atoms with Crippen molar-refractivity contribution in [2.45, 2.75) is 12.8 Å². The van der Waals surface area contributed by atoms with E-state index < -0.39 is 17.5 Å². The molecule has 3 rings (SSSR count). The second kappa shape index (κ2) is 7.18. The van der Waals surface area contributed by atoms with Crippen LogP contribution in [0.3, 0.4) is 0 Å². The van der Waals surface area contributed by atoms with Crippen molar-refractivity contribution >= 4 is 23.2 Å². The number of nitrogens with zero attached hydrogens (tertiary/aromatic N) is 1. The summed E-state index contributed by atoms with van der Waals surface area (Å²) in [5.74, 6) is -2.65. The molecule has 2 aromatic rings. The molecule has 0 aromatic heterocycles. The van der Waals surface area contributed by atoms with Crippen molar-refractivity contribution < 1.29 is 13.6 Å². The van der Waals surface area contributed by atoms with Gasteiger partial charge in [-0.2, -0.15) is 0 Å². The zero-order valence-electron chi connectivity index (χ0n) is 13.0. The van der Waals surface area contributed by atoms with Crippen molar-refractivity contribution in [3.63, 3.8) is 0 Å². The van der Waals surface area contributed by atoms with E-state index >= 15 is 0 Å². The van der Waals surface area contributed by atoms with Gasteiger partial charge in [-0.25, -0.2) is 8.78 Å². The lowest BCUT2D eigenvalue weighted by Gasteiger charge is -2.19. The second-order valence-electron chi connectivity index (χ2n) is 5.72. The number of hydrogen-bond donors (Lipinski definition) is 1. The number of para-hydroxylation sites is 1. The molecule has 3 nitrogen and oxygen atoms in total. The fourth-order valence-electron chi connectivity index (χ4n) is 2.90. The lowest BCUT2D eigenvalue weighted by atomic mass is 10.2. The molecular formula is C18H17ClF2N2O. The molecule has 0 radical (unpaired) electrons. The van der Waals surface area contributed by atoms with Crippen molar-refractivity contribution in [1.82, 2.24) is 5.32 Å². The fourth-order valence-corrected chi connectivity index (χ4v) is 3.14. The molecule has 6 heteroatoms. The summed E-state index contributed by atoms with van der Waals surface area (Å²) < 4.78 is 26.3. The molecule has 0 atom stereocenters. The van der Waals surface area contributed by atoms with E-state index in [0.29, 0.717) is 6.54 Å². The minimum atomic E-state index is -1.08. The number of carbonyl (C=O) groups is 1. The maximum absolute atomic E-state index is 13.2. The third-order valence-electron chi connectivity index (χ3n) is 4.13. The van der Waals surface area contributed by atoms with Crippen LogP contribution >= 0.6 is 11.6 Å². The Hall–Kier alpha value is -2.14. The van der Waals surface area contributed by atoms with E-state index in [9.17, 15) is 13.6 Å². The van der Waals surface area contributed by atoms with Crippen molar-refractivity contribution in [3.8, 4) is 0 Å². The van der Waals surface area contributed by atoms with Gasteiger partial charge in [0.1, 0.15) is 0 Å². The molecule has 1 heterocycles. The molecule has 0 spiro atoms. The van der Waals surface area contributed by atoms with Gasteiger partial charge >= 0.3 is 0 Å². The monoisotopic (exact) mass is 350 g/mol. The SMILES string of the molecule is O=C(NCCCN1CCc2ccccc21)c1cc(F)c(F)cc1Cl. The zero-order chi connectivity index (χ0) is 17.1. The van der Waals surface area contributed by atoms with Gasteiger partial charge in [-0.1, -0.05) is 29.8 Å². The Bertz CT molecular complexity index is 767. The van der Waals surface area contributed by atoms with Crippen LogP contribution in [0, 0.1) is 11.6 Å². The van der Waals surface area contributed by atoms with Crippen molar-refractivity contribution in [3.05, 3.63) is 64.2 Å². The maximum Gasteiger partial charge on any atom is 0.252 e. The summed E-state index contributed by atoms with van der Waals surface area (Å²) in [6, 6.07) is 9.92. The average molecular weight is 351 g/mol. The fraction of sp³-hybridized carbons (Fsp3) is 0.278. The predicted molar refractivity (Wildman–Crippen MR) is 90.7 cm³/mol. The maximum atomic E-state index is 13.2. The number of amides is 1. The molecule has 0 fully saturated rings. The van der Waals surface area contributed by atoms with Crippen LogP contribution < -0.4 is 10.2 Å². The third kappa shape index (κ3) is 3.51. The van der Waals surface area contributed by atoms with Gasteiger partial charge in [0.25, 0.3) is 5.91 Å². The van der Waals surface area contributed by atoms with E-state index in [-0.39, 0.29) is 10.6 Å². The van der Waals surface area contributed by atoms with Gasteiger partial charge in [0.05, 0.1) is 10.6 Å².